The highest BCUT2D eigenvalue weighted by molar-refractivity contribution is 6.31. The van der Waals surface area contributed by atoms with E-state index in [2.05, 4.69) is 19.9 Å². The van der Waals surface area contributed by atoms with Crippen LogP contribution >= 0.6 is 34.8 Å². The SMILES string of the molecule is COCCCOc1ccnc(Cl)n1.Clc1ccnc(Cl)n1. The summed E-state index contributed by atoms with van der Waals surface area (Å²) in [6, 6.07) is 3.23. The normalized spacial score (nSPS) is 9.71. The summed E-state index contributed by atoms with van der Waals surface area (Å²) in [5.41, 5.74) is 0. The molecule has 114 valence electrons. The highest BCUT2D eigenvalue weighted by Crippen LogP contribution is 2.08. The Kier molecular flexibility index (Phi) is 8.93. The minimum absolute atomic E-state index is 0.178. The van der Waals surface area contributed by atoms with Crippen molar-refractivity contribution in [2.75, 3.05) is 20.3 Å². The van der Waals surface area contributed by atoms with Crippen LogP contribution in [0, 0.1) is 0 Å². The van der Waals surface area contributed by atoms with Crippen molar-refractivity contribution in [2.24, 2.45) is 0 Å². The van der Waals surface area contributed by atoms with Gasteiger partial charge in [-0.2, -0.15) is 4.98 Å². The van der Waals surface area contributed by atoms with Crippen molar-refractivity contribution in [2.45, 2.75) is 6.42 Å². The van der Waals surface area contributed by atoms with Crippen LogP contribution in [0.5, 0.6) is 5.88 Å². The average Bonchev–Trinajstić information content (AvgIpc) is 2.44. The Morgan fingerprint density at radius 3 is 2.14 bits per heavy atom. The van der Waals surface area contributed by atoms with Crippen LogP contribution in [0.1, 0.15) is 6.42 Å². The zero-order chi connectivity index (χ0) is 15.5. The van der Waals surface area contributed by atoms with E-state index in [1.54, 1.807) is 25.4 Å². The third-order valence-electron chi connectivity index (χ3n) is 1.94. The molecule has 0 aliphatic heterocycles. The number of rotatable bonds is 5. The van der Waals surface area contributed by atoms with E-state index in [0.717, 1.165) is 6.42 Å². The van der Waals surface area contributed by atoms with Gasteiger partial charge in [-0.05, 0) is 29.3 Å². The fourth-order valence-corrected chi connectivity index (χ4v) is 1.56. The lowest BCUT2D eigenvalue weighted by Crippen LogP contribution is -2.02. The van der Waals surface area contributed by atoms with Crippen molar-refractivity contribution in [3.63, 3.8) is 0 Å². The number of methoxy groups -OCH3 is 1. The first kappa shape index (κ1) is 17.8. The average molecular weight is 352 g/mol. The maximum Gasteiger partial charge on any atom is 0.225 e. The van der Waals surface area contributed by atoms with Crippen molar-refractivity contribution in [3.8, 4) is 5.88 Å². The third-order valence-corrected chi connectivity index (χ3v) is 2.51. The smallest absolute Gasteiger partial charge is 0.225 e. The molecule has 0 unspecified atom stereocenters. The van der Waals surface area contributed by atoms with E-state index >= 15 is 0 Å². The van der Waals surface area contributed by atoms with Gasteiger partial charge in [-0.15, -0.1) is 0 Å². The second-order valence-corrected chi connectivity index (χ2v) is 4.57. The molecule has 9 heteroatoms. The molecule has 0 fully saturated rings. The second kappa shape index (κ2) is 10.5. The first-order chi connectivity index (χ1) is 10.1. The lowest BCUT2D eigenvalue weighted by Gasteiger charge is -2.03. The summed E-state index contributed by atoms with van der Waals surface area (Å²) in [4.78, 5) is 14.8. The van der Waals surface area contributed by atoms with Gasteiger partial charge in [0.2, 0.25) is 16.4 Å². The van der Waals surface area contributed by atoms with E-state index in [4.69, 9.17) is 44.3 Å². The van der Waals surface area contributed by atoms with Gasteiger partial charge in [0, 0.05) is 38.6 Å². The van der Waals surface area contributed by atoms with E-state index in [0.29, 0.717) is 24.2 Å². The molecule has 0 amide bonds. The fraction of sp³-hybridized carbons (Fsp3) is 0.333. The predicted octanol–water partition coefficient (Wildman–Crippen LogP) is 3.33. The summed E-state index contributed by atoms with van der Waals surface area (Å²) in [6.07, 6.45) is 3.89. The predicted molar refractivity (Wildman–Crippen MR) is 81.1 cm³/mol. The number of aromatic nitrogens is 4. The summed E-state index contributed by atoms with van der Waals surface area (Å²) in [5, 5.41) is 0.742. The topological polar surface area (TPSA) is 70.0 Å². The Morgan fingerprint density at radius 1 is 0.952 bits per heavy atom. The van der Waals surface area contributed by atoms with Crippen LogP contribution in [0.2, 0.25) is 15.7 Å². The van der Waals surface area contributed by atoms with E-state index in [9.17, 15) is 0 Å². The summed E-state index contributed by atoms with van der Waals surface area (Å²) < 4.78 is 10.1. The molecule has 0 bridgehead atoms. The molecule has 0 aromatic carbocycles. The van der Waals surface area contributed by atoms with Gasteiger partial charge in [-0.3, -0.25) is 0 Å². The molecule has 2 rings (SSSR count). The molecule has 0 spiro atoms. The molecule has 0 aliphatic rings. The van der Waals surface area contributed by atoms with E-state index in [1.807, 2.05) is 0 Å². The number of nitrogens with zero attached hydrogens (tertiary/aromatic N) is 4. The number of hydrogen-bond donors (Lipinski definition) is 0. The molecule has 0 atom stereocenters. The van der Waals surface area contributed by atoms with Crippen molar-refractivity contribution < 1.29 is 9.47 Å². The van der Waals surface area contributed by atoms with Crippen LogP contribution in [-0.2, 0) is 4.74 Å². The van der Waals surface area contributed by atoms with Crippen LogP contribution in [0.3, 0.4) is 0 Å². The Balaban J connectivity index is 0.000000235. The Labute approximate surface area is 137 Å². The molecule has 0 aliphatic carbocycles. The molecule has 0 saturated heterocycles. The minimum atomic E-state index is 0.178. The molecule has 21 heavy (non-hydrogen) atoms. The van der Waals surface area contributed by atoms with Crippen LogP contribution in [0.4, 0.5) is 0 Å². The van der Waals surface area contributed by atoms with Crippen molar-refractivity contribution in [3.05, 3.63) is 40.2 Å². The third kappa shape index (κ3) is 8.62. The molecule has 2 aromatic heterocycles. The molecular formula is C12H13Cl3N4O2. The van der Waals surface area contributed by atoms with Gasteiger partial charge in [-0.25, -0.2) is 15.0 Å². The van der Waals surface area contributed by atoms with Gasteiger partial charge in [0.25, 0.3) is 0 Å². The Morgan fingerprint density at radius 2 is 1.62 bits per heavy atom. The van der Waals surface area contributed by atoms with E-state index in [-0.39, 0.29) is 10.6 Å². The van der Waals surface area contributed by atoms with Crippen LogP contribution in [-0.4, -0.2) is 40.3 Å². The molecule has 6 nitrogen and oxygen atoms in total. The standard InChI is InChI=1S/C8H11ClN2O2.C4H2Cl2N2/c1-12-5-2-6-13-7-3-4-10-8(9)11-7;5-3-1-2-7-4(6)8-3/h3-4H,2,5-6H2,1H3;1-2H. The maximum absolute atomic E-state index is 5.56. The van der Waals surface area contributed by atoms with Gasteiger partial charge < -0.3 is 9.47 Å². The minimum Gasteiger partial charge on any atom is -0.477 e. The van der Waals surface area contributed by atoms with Crippen LogP contribution in [0.25, 0.3) is 0 Å². The second-order valence-electron chi connectivity index (χ2n) is 3.51. The quantitative estimate of drug-likeness (QED) is 0.467. The zero-order valence-corrected chi connectivity index (χ0v) is 13.4. The summed E-state index contributed by atoms with van der Waals surface area (Å²) in [6.45, 7) is 1.25. The fourth-order valence-electron chi connectivity index (χ4n) is 1.09. The van der Waals surface area contributed by atoms with Gasteiger partial charge in [0.1, 0.15) is 5.15 Å². The van der Waals surface area contributed by atoms with Crippen molar-refractivity contribution in [1.29, 1.82) is 0 Å². The highest BCUT2D eigenvalue weighted by atomic mass is 35.5. The largest absolute Gasteiger partial charge is 0.477 e. The lowest BCUT2D eigenvalue weighted by molar-refractivity contribution is 0.170. The number of hydrogen-bond acceptors (Lipinski definition) is 6. The van der Waals surface area contributed by atoms with Gasteiger partial charge in [0.05, 0.1) is 6.61 Å². The summed E-state index contributed by atoms with van der Waals surface area (Å²) in [7, 11) is 1.65. The molecular weight excluding hydrogens is 339 g/mol. The first-order valence-electron chi connectivity index (χ1n) is 5.86. The monoisotopic (exact) mass is 350 g/mol. The van der Waals surface area contributed by atoms with Gasteiger partial charge in [-0.1, -0.05) is 11.6 Å². The molecule has 0 N–H and O–H groups in total. The zero-order valence-electron chi connectivity index (χ0n) is 11.2. The number of halogens is 3. The Bertz CT molecular complexity index is 528. The van der Waals surface area contributed by atoms with Crippen molar-refractivity contribution in [1.82, 2.24) is 19.9 Å². The molecule has 2 heterocycles. The van der Waals surface area contributed by atoms with Gasteiger partial charge in [0.15, 0.2) is 0 Å². The molecule has 2 aromatic rings. The van der Waals surface area contributed by atoms with Crippen molar-refractivity contribution >= 4 is 34.8 Å². The molecule has 0 saturated carbocycles. The van der Waals surface area contributed by atoms with Gasteiger partial charge >= 0.3 is 0 Å². The first-order valence-corrected chi connectivity index (χ1v) is 6.99. The maximum atomic E-state index is 5.56. The van der Waals surface area contributed by atoms with E-state index < -0.39 is 0 Å². The summed E-state index contributed by atoms with van der Waals surface area (Å²) in [5.74, 6) is 0.496. The number of ether oxygens (including phenoxy) is 2. The molecule has 0 radical (unpaired) electrons. The highest BCUT2D eigenvalue weighted by Gasteiger charge is 1.96. The van der Waals surface area contributed by atoms with Crippen LogP contribution in [0.15, 0.2) is 24.5 Å². The lowest BCUT2D eigenvalue weighted by atomic mass is 10.5. The summed E-state index contributed by atoms with van der Waals surface area (Å²) >= 11 is 16.3. The van der Waals surface area contributed by atoms with Crippen LogP contribution < -0.4 is 4.74 Å². The Hall–Kier alpha value is -1.21. The van der Waals surface area contributed by atoms with E-state index in [1.165, 1.54) is 6.20 Å².